The number of ether oxygens (including phenoxy) is 2. The number of amides is 1. The highest BCUT2D eigenvalue weighted by molar-refractivity contribution is 5.95. The van der Waals surface area contributed by atoms with Gasteiger partial charge >= 0.3 is 0 Å². The SMILES string of the molecule is COc1ccc2cc(C(C)(C(=O)N(C)C)c3ccc4cc(OC)ccc4c3)ccc2c1. The Balaban J connectivity index is 1.90. The highest BCUT2D eigenvalue weighted by Crippen LogP contribution is 2.37. The maximum atomic E-state index is 13.5. The fraction of sp³-hybridized carbons (Fsp3) is 0.222. The summed E-state index contributed by atoms with van der Waals surface area (Å²) in [6.45, 7) is 2.00. The largest absolute Gasteiger partial charge is 0.497 e. The van der Waals surface area contributed by atoms with Crippen molar-refractivity contribution < 1.29 is 14.3 Å². The van der Waals surface area contributed by atoms with Gasteiger partial charge in [-0.2, -0.15) is 0 Å². The minimum atomic E-state index is -0.828. The molecule has 0 aliphatic rings. The molecule has 1 amide bonds. The van der Waals surface area contributed by atoms with Crippen LogP contribution in [0.2, 0.25) is 0 Å². The van der Waals surface area contributed by atoms with Crippen LogP contribution in [-0.4, -0.2) is 39.1 Å². The topological polar surface area (TPSA) is 38.8 Å². The Hall–Kier alpha value is -3.53. The van der Waals surface area contributed by atoms with E-state index >= 15 is 0 Å². The average Bonchev–Trinajstić information content (AvgIpc) is 2.81. The van der Waals surface area contributed by atoms with Gasteiger partial charge in [-0.1, -0.05) is 36.4 Å². The van der Waals surface area contributed by atoms with Crippen molar-refractivity contribution >= 4 is 27.5 Å². The number of carbonyl (C=O) groups is 1. The van der Waals surface area contributed by atoms with Crippen LogP contribution in [0.5, 0.6) is 11.5 Å². The Kier molecular flexibility index (Phi) is 5.32. The number of methoxy groups -OCH3 is 2. The van der Waals surface area contributed by atoms with Crippen molar-refractivity contribution in [3.63, 3.8) is 0 Å². The number of rotatable bonds is 5. The molecule has 0 fully saturated rings. The van der Waals surface area contributed by atoms with E-state index in [1.54, 1.807) is 33.2 Å². The van der Waals surface area contributed by atoms with Gasteiger partial charge in [0.05, 0.1) is 19.6 Å². The summed E-state index contributed by atoms with van der Waals surface area (Å²) in [4.78, 5) is 15.2. The van der Waals surface area contributed by atoms with Crippen LogP contribution in [0, 0.1) is 0 Å². The normalized spacial score (nSPS) is 11.5. The number of hydrogen-bond donors (Lipinski definition) is 0. The minimum absolute atomic E-state index is 0.0354. The van der Waals surface area contributed by atoms with Crippen molar-refractivity contribution in [2.45, 2.75) is 12.3 Å². The lowest BCUT2D eigenvalue weighted by atomic mass is 9.74. The summed E-state index contributed by atoms with van der Waals surface area (Å²) in [5.74, 6) is 1.67. The third-order valence-electron chi connectivity index (χ3n) is 6.08. The molecule has 0 radical (unpaired) electrons. The van der Waals surface area contributed by atoms with Crippen molar-refractivity contribution in [1.82, 2.24) is 4.90 Å². The van der Waals surface area contributed by atoms with E-state index in [9.17, 15) is 4.79 Å². The average molecular weight is 414 g/mol. The third-order valence-corrected chi connectivity index (χ3v) is 6.08. The first kappa shape index (κ1) is 20.7. The van der Waals surface area contributed by atoms with E-state index in [0.29, 0.717) is 0 Å². The van der Waals surface area contributed by atoms with Crippen molar-refractivity contribution in [2.75, 3.05) is 28.3 Å². The van der Waals surface area contributed by atoms with Gasteiger partial charge in [-0.3, -0.25) is 4.79 Å². The molecule has 31 heavy (non-hydrogen) atoms. The third kappa shape index (κ3) is 3.59. The van der Waals surface area contributed by atoms with E-state index in [4.69, 9.17) is 9.47 Å². The molecule has 4 aromatic carbocycles. The molecule has 0 aliphatic carbocycles. The molecule has 0 bridgehead atoms. The lowest BCUT2D eigenvalue weighted by Gasteiger charge is -2.33. The first-order chi connectivity index (χ1) is 14.9. The zero-order valence-electron chi connectivity index (χ0n) is 18.6. The Morgan fingerprint density at radius 1 is 0.677 bits per heavy atom. The summed E-state index contributed by atoms with van der Waals surface area (Å²) < 4.78 is 10.7. The molecule has 0 saturated carbocycles. The van der Waals surface area contributed by atoms with E-state index in [1.165, 1.54) is 0 Å². The molecule has 0 N–H and O–H groups in total. The Bertz CT molecular complexity index is 1190. The van der Waals surface area contributed by atoms with Crippen molar-refractivity contribution in [2.24, 2.45) is 0 Å². The maximum Gasteiger partial charge on any atom is 0.236 e. The first-order valence-electron chi connectivity index (χ1n) is 10.2. The van der Waals surface area contributed by atoms with E-state index in [1.807, 2.05) is 55.5 Å². The van der Waals surface area contributed by atoms with Crippen LogP contribution in [0.1, 0.15) is 18.1 Å². The fourth-order valence-electron chi connectivity index (χ4n) is 4.18. The van der Waals surface area contributed by atoms with E-state index in [-0.39, 0.29) is 5.91 Å². The van der Waals surface area contributed by atoms with Gasteiger partial charge in [0, 0.05) is 14.1 Å². The maximum absolute atomic E-state index is 13.5. The summed E-state index contributed by atoms with van der Waals surface area (Å²) in [5.41, 5.74) is 1.08. The summed E-state index contributed by atoms with van der Waals surface area (Å²) in [6.07, 6.45) is 0. The number of nitrogens with zero attached hydrogens (tertiary/aromatic N) is 1. The molecular weight excluding hydrogens is 386 g/mol. The molecule has 0 unspecified atom stereocenters. The van der Waals surface area contributed by atoms with Gasteiger partial charge < -0.3 is 14.4 Å². The van der Waals surface area contributed by atoms with Gasteiger partial charge in [-0.15, -0.1) is 0 Å². The molecule has 158 valence electrons. The first-order valence-corrected chi connectivity index (χ1v) is 10.2. The Morgan fingerprint density at radius 2 is 1.06 bits per heavy atom. The molecule has 4 rings (SSSR count). The quantitative estimate of drug-likeness (QED) is 0.439. The molecular formula is C27H27NO3. The molecule has 4 aromatic rings. The predicted octanol–water partition coefficient (Wildman–Crippen LogP) is 5.40. The lowest BCUT2D eigenvalue weighted by Crippen LogP contribution is -2.42. The number of fused-ring (bicyclic) bond motifs is 2. The smallest absolute Gasteiger partial charge is 0.236 e. The van der Waals surface area contributed by atoms with E-state index < -0.39 is 5.41 Å². The second kappa shape index (κ2) is 7.95. The lowest BCUT2D eigenvalue weighted by molar-refractivity contribution is -0.132. The van der Waals surface area contributed by atoms with Crippen LogP contribution in [0.15, 0.2) is 72.8 Å². The predicted molar refractivity (Wildman–Crippen MR) is 126 cm³/mol. The van der Waals surface area contributed by atoms with Gasteiger partial charge in [0.15, 0.2) is 0 Å². The van der Waals surface area contributed by atoms with Gasteiger partial charge in [-0.05, 0) is 76.0 Å². The highest BCUT2D eigenvalue weighted by Gasteiger charge is 2.38. The summed E-state index contributed by atoms with van der Waals surface area (Å²) in [5, 5.41) is 4.30. The molecule has 0 heterocycles. The van der Waals surface area contributed by atoms with E-state index in [2.05, 4.69) is 24.3 Å². The van der Waals surface area contributed by atoms with Gasteiger partial charge in [0.2, 0.25) is 5.91 Å². The molecule has 0 saturated heterocycles. The molecule has 4 nitrogen and oxygen atoms in total. The second-order valence-electron chi connectivity index (χ2n) is 8.18. The minimum Gasteiger partial charge on any atom is -0.497 e. The van der Waals surface area contributed by atoms with Gasteiger partial charge in [-0.25, -0.2) is 0 Å². The molecule has 0 atom stereocenters. The molecule has 4 heteroatoms. The molecule has 0 aromatic heterocycles. The zero-order valence-corrected chi connectivity index (χ0v) is 18.6. The Labute approximate surface area is 183 Å². The van der Waals surface area contributed by atoms with Crippen LogP contribution >= 0.6 is 0 Å². The van der Waals surface area contributed by atoms with E-state index in [0.717, 1.165) is 44.2 Å². The fourth-order valence-corrected chi connectivity index (χ4v) is 4.18. The zero-order chi connectivity index (χ0) is 22.2. The van der Waals surface area contributed by atoms with Crippen molar-refractivity contribution in [1.29, 1.82) is 0 Å². The standard InChI is InChI=1S/C27H27NO3/c1-27(26(29)28(2)3,22-10-6-20-16-24(30-4)12-8-18(20)14-22)23-11-7-21-17-25(31-5)13-9-19(21)15-23/h6-17H,1-5H3. The van der Waals surface area contributed by atoms with Crippen molar-refractivity contribution in [3.8, 4) is 11.5 Å². The van der Waals surface area contributed by atoms with Crippen LogP contribution in [0.3, 0.4) is 0 Å². The number of benzene rings is 4. The van der Waals surface area contributed by atoms with Crippen LogP contribution < -0.4 is 9.47 Å². The monoisotopic (exact) mass is 413 g/mol. The summed E-state index contributed by atoms with van der Waals surface area (Å²) in [6, 6.07) is 24.4. The molecule has 0 spiro atoms. The summed E-state index contributed by atoms with van der Waals surface area (Å²) >= 11 is 0. The van der Waals surface area contributed by atoms with Crippen molar-refractivity contribution in [3.05, 3.63) is 83.9 Å². The second-order valence-corrected chi connectivity index (χ2v) is 8.18. The number of carbonyl (C=O) groups excluding carboxylic acids is 1. The number of hydrogen-bond acceptors (Lipinski definition) is 3. The van der Waals surface area contributed by atoms with Gasteiger partial charge in [0.25, 0.3) is 0 Å². The van der Waals surface area contributed by atoms with Gasteiger partial charge in [0.1, 0.15) is 11.5 Å². The van der Waals surface area contributed by atoms with Crippen LogP contribution in [-0.2, 0) is 10.2 Å². The molecule has 0 aliphatic heterocycles. The number of likely N-dealkylation sites (N-methyl/N-ethyl adjacent to an activating group) is 1. The van der Waals surface area contributed by atoms with Crippen LogP contribution in [0.4, 0.5) is 0 Å². The summed E-state index contributed by atoms with van der Waals surface area (Å²) in [7, 11) is 6.94. The highest BCUT2D eigenvalue weighted by atomic mass is 16.5. The van der Waals surface area contributed by atoms with Crippen LogP contribution in [0.25, 0.3) is 21.5 Å². The Morgan fingerprint density at radius 3 is 1.45 bits per heavy atom.